The van der Waals surface area contributed by atoms with Gasteiger partial charge in [-0.2, -0.15) is 5.10 Å². The van der Waals surface area contributed by atoms with Crippen molar-refractivity contribution in [2.24, 2.45) is 14.1 Å². The molecule has 0 atom stereocenters. The number of carbonyl (C=O) groups excluding carboxylic acids is 1. The van der Waals surface area contributed by atoms with Crippen LogP contribution in [-0.2, 0) is 31.9 Å². The van der Waals surface area contributed by atoms with Gasteiger partial charge in [0.05, 0.1) is 18.7 Å². The monoisotopic (exact) mass is 274 g/mol. The van der Waals surface area contributed by atoms with Gasteiger partial charge in [-0.05, 0) is 32.9 Å². The minimum atomic E-state index is 0.0306. The van der Waals surface area contributed by atoms with Crippen LogP contribution in [-0.4, -0.2) is 20.3 Å². The standard InChI is InChI=1S/C15H22N4O/c1-10-6-7-13(18(10)4)9-16-15(20)8-14-11(2)17-19(5)12(14)3/h6-7H,8-9H2,1-5H3,(H,16,20). The second kappa shape index (κ2) is 5.53. The number of nitrogens with zero attached hydrogens (tertiary/aromatic N) is 3. The van der Waals surface area contributed by atoms with E-state index in [4.69, 9.17) is 0 Å². The smallest absolute Gasteiger partial charge is 0.224 e. The first-order valence-corrected chi connectivity index (χ1v) is 6.77. The predicted molar refractivity (Wildman–Crippen MR) is 78.4 cm³/mol. The van der Waals surface area contributed by atoms with Gasteiger partial charge < -0.3 is 9.88 Å². The molecule has 2 aromatic rings. The molecular formula is C15H22N4O. The highest BCUT2D eigenvalue weighted by atomic mass is 16.1. The number of carbonyl (C=O) groups is 1. The highest BCUT2D eigenvalue weighted by molar-refractivity contribution is 5.79. The van der Waals surface area contributed by atoms with Gasteiger partial charge in [0.1, 0.15) is 0 Å². The van der Waals surface area contributed by atoms with Crippen LogP contribution in [0.1, 0.15) is 28.3 Å². The van der Waals surface area contributed by atoms with Crippen molar-refractivity contribution < 1.29 is 4.79 Å². The summed E-state index contributed by atoms with van der Waals surface area (Å²) in [6.45, 7) is 6.54. The summed E-state index contributed by atoms with van der Waals surface area (Å²) in [6.07, 6.45) is 0.384. The fourth-order valence-corrected chi connectivity index (χ4v) is 2.33. The molecule has 0 spiro atoms. The number of amides is 1. The Bertz CT molecular complexity index is 637. The molecule has 1 N–H and O–H groups in total. The molecule has 108 valence electrons. The SMILES string of the molecule is Cc1nn(C)c(C)c1CC(=O)NCc1ccc(C)n1C. The van der Waals surface area contributed by atoms with Crippen molar-refractivity contribution in [2.45, 2.75) is 33.7 Å². The lowest BCUT2D eigenvalue weighted by Gasteiger charge is -2.08. The fourth-order valence-electron chi connectivity index (χ4n) is 2.33. The highest BCUT2D eigenvalue weighted by Crippen LogP contribution is 2.12. The third-order valence-corrected chi connectivity index (χ3v) is 3.94. The highest BCUT2D eigenvalue weighted by Gasteiger charge is 2.13. The third-order valence-electron chi connectivity index (χ3n) is 3.94. The van der Waals surface area contributed by atoms with Gasteiger partial charge in [-0.1, -0.05) is 0 Å². The third kappa shape index (κ3) is 2.76. The number of hydrogen-bond acceptors (Lipinski definition) is 2. The van der Waals surface area contributed by atoms with Crippen LogP contribution in [0.25, 0.3) is 0 Å². The molecule has 0 fully saturated rings. The number of aromatic nitrogens is 3. The van der Waals surface area contributed by atoms with E-state index in [1.807, 2.05) is 45.6 Å². The lowest BCUT2D eigenvalue weighted by atomic mass is 10.1. The molecule has 0 radical (unpaired) electrons. The average molecular weight is 274 g/mol. The molecule has 0 saturated carbocycles. The normalized spacial score (nSPS) is 10.8. The first-order valence-electron chi connectivity index (χ1n) is 6.77. The van der Waals surface area contributed by atoms with Crippen LogP contribution < -0.4 is 5.32 Å². The van der Waals surface area contributed by atoms with Gasteiger partial charge in [0, 0.05) is 36.7 Å². The molecule has 2 rings (SSSR count). The molecule has 0 aliphatic rings. The summed E-state index contributed by atoms with van der Waals surface area (Å²) in [7, 11) is 3.91. The van der Waals surface area contributed by atoms with Crippen molar-refractivity contribution in [2.75, 3.05) is 0 Å². The van der Waals surface area contributed by atoms with Gasteiger partial charge in [-0.3, -0.25) is 9.48 Å². The molecule has 1 amide bonds. The van der Waals surface area contributed by atoms with E-state index >= 15 is 0 Å². The molecule has 5 heteroatoms. The maximum Gasteiger partial charge on any atom is 0.224 e. The molecule has 0 bridgehead atoms. The van der Waals surface area contributed by atoms with E-state index in [1.165, 1.54) is 5.69 Å². The first kappa shape index (κ1) is 14.4. The molecular weight excluding hydrogens is 252 g/mol. The number of nitrogens with one attached hydrogen (secondary N) is 1. The van der Waals surface area contributed by atoms with E-state index in [2.05, 4.69) is 21.0 Å². The Balaban J connectivity index is 1.98. The maximum absolute atomic E-state index is 12.1. The van der Waals surface area contributed by atoms with E-state index in [1.54, 1.807) is 0 Å². The largest absolute Gasteiger partial charge is 0.350 e. The van der Waals surface area contributed by atoms with Crippen molar-refractivity contribution in [3.63, 3.8) is 0 Å². The predicted octanol–water partition coefficient (Wildman–Crippen LogP) is 1.54. The summed E-state index contributed by atoms with van der Waals surface area (Å²) >= 11 is 0. The van der Waals surface area contributed by atoms with Crippen LogP contribution in [0.5, 0.6) is 0 Å². The summed E-state index contributed by atoms with van der Waals surface area (Å²) in [5.41, 5.74) is 5.29. The summed E-state index contributed by atoms with van der Waals surface area (Å²) in [5, 5.41) is 7.30. The second-order valence-electron chi connectivity index (χ2n) is 5.25. The maximum atomic E-state index is 12.1. The van der Waals surface area contributed by atoms with E-state index in [0.717, 1.165) is 22.6 Å². The Morgan fingerprint density at radius 1 is 1.25 bits per heavy atom. The summed E-state index contributed by atoms with van der Waals surface area (Å²) in [6, 6.07) is 4.09. The summed E-state index contributed by atoms with van der Waals surface area (Å²) in [5.74, 6) is 0.0306. The zero-order valence-corrected chi connectivity index (χ0v) is 12.8. The van der Waals surface area contributed by atoms with Crippen molar-refractivity contribution in [3.05, 3.63) is 40.5 Å². The minimum Gasteiger partial charge on any atom is -0.350 e. The first-order chi connectivity index (χ1) is 9.40. The Hall–Kier alpha value is -2.04. The second-order valence-corrected chi connectivity index (χ2v) is 5.25. The Morgan fingerprint density at radius 2 is 1.95 bits per heavy atom. The van der Waals surface area contributed by atoms with Crippen LogP contribution in [0.15, 0.2) is 12.1 Å². The van der Waals surface area contributed by atoms with Gasteiger partial charge in [0.15, 0.2) is 0 Å². The lowest BCUT2D eigenvalue weighted by molar-refractivity contribution is -0.120. The van der Waals surface area contributed by atoms with Gasteiger partial charge in [-0.25, -0.2) is 0 Å². The number of rotatable bonds is 4. The van der Waals surface area contributed by atoms with E-state index < -0.39 is 0 Å². The van der Waals surface area contributed by atoms with Crippen molar-refractivity contribution in [1.29, 1.82) is 0 Å². The summed E-state index contributed by atoms with van der Waals surface area (Å²) < 4.78 is 3.90. The number of hydrogen-bond donors (Lipinski definition) is 1. The van der Waals surface area contributed by atoms with Gasteiger partial charge >= 0.3 is 0 Å². The molecule has 0 aliphatic heterocycles. The van der Waals surface area contributed by atoms with E-state index in [-0.39, 0.29) is 5.91 Å². The van der Waals surface area contributed by atoms with Crippen molar-refractivity contribution >= 4 is 5.91 Å². The van der Waals surface area contributed by atoms with Crippen LogP contribution >= 0.6 is 0 Å². The average Bonchev–Trinajstić information content (AvgIpc) is 2.83. The minimum absolute atomic E-state index is 0.0306. The molecule has 5 nitrogen and oxygen atoms in total. The van der Waals surface area contributed by atoms with Gasteiger partial charge in [-0.15, -0.1) is 0 Å². The molecule has 20 heavy (non-hydrogen) atoms. The zero-order valence-electron chi connectivity index (χ0n) is 12.8. The van der Waals surface area contributed by atoms with Crippen molar-refractivity contribution in [3.8, 4) is 0 Å². The molecule has 0 aromatic carbocycles. The van der Waals surface area contributed by atoms with Crippen molar-refractivity contribution in [1.82, 2.24) is 19.7 Å². The molecule has 2 heterocycles. The Labute approximate surface area is 119 Å². The fraction of sp³-hybridized carbons (Fsp3) is 0.467. The van der Waals surface area contributed by atoms with E-state index in [9.17, 15) is 4.79 Å². The summed E-state index contributed by atoms with van der Waals surface area (Å²) in [4.78, 5) is 12.1. The zero-order chi connectivity index (χ0) is 14.9. The van der Waals surface area contributed by atoms with E-state index in [0.29, 0.717) is 13.0 Å². The molecule has 0 unspecified atom stereocenters. The van der Waals surface area contributed by atoms with Crippen LogP contribution in [0.2, 0.25) is 0 Å². The van der Waals surface area contributed by atoms with Crippen LogP contribution in [0.3, 0.4) is 0 Å². The van der Waals surface area contributed by atoms with Crippen LogP contribution in [0.4, 0.5) is 0 Å². The molecule has 0 aliphatic carbocycles. The molecule has 0 saturated heterocycles. The lowest BCUT2D eigenvalue weighted by Crippen LogP contribution is -2.26. The number of aryl methyl sites for hydroxylation is 3. The van der Waals surface area contributed by atoms with Gasteiger partial charge in [0.2, 0.25) is 5.91 Å². The quantitative estimate of drug-likeness (QED) is 0.919. The molecule has 2 aromatic heterocycles. The van der Waals surface area contributed by atoms with Gasteiger partial charge in [0.25, 0.3) is 0 Å². The topological polar surface area (TPSA) is 51.9 Å². The Morgan fingerprint density at radius 3 is 2.45 bits per heavy atom. The van der Waals surface area contributed by atoms with Crippen LogP contribution in [0, 0.1) is 20.8 Å². The Kier molecular flexibility index (Phi) is 3.97.